The summed E-state index contributed by atoms with van der Waals surface area (Å²) >= 11 is 1.18. The minimum atomic E-state index is -4.76. The molecule has 0 aliphatic carbocycles. The summed E-state index contributed by atoms with van der Waals surface area (Å²) in [6, 6.07) is 13.9. The molecule has 1 aromatic heterocycles. The molecular formula is C20H14F3N3O4S. The Bertz CT molecular complexity index is 1080. The standard InChI is InChI=1S/C20H14F3N3O4S/c21-20(22,23)30-14-4-2-13(3-5-14)24-18(27)10-31-19-8-6-15(25-26-19)12-1-7-16-17(9-12)29-11-28-16/h1-9H,10-11H2,(H,24,27). The van der Waals surface area contributed by atoms with Gasteiger partial charge in [-0.15, -0.1) is 23.4 Å². The number of nitrogens with zero attached hydrogens (tertiary/aromatic N) is 2. The zero-order valence-electron chi connectivity index (χ0n) is 15.7. The molecule has 0 saturated carbocycles. The summed E-state index contributed by atoms with van der Waals surface area (Å²) in [5.74, 6) is 0.678. The van der Waals surface area contributed by atoms with Crippen molar-refractivity contribution in [3.63, 3.8) is 0 Å². The molecule has 4 rings (SSSR count). The second kappa shape index (κ2) is 8.72. The molecule has 0 fully saturated rings. The number of carbonyl (C=O) groups excluding carboxylic acids is 1. The number of anilines is 1. The average molecular weight is 449 g/mol. The Morgan fingerprint density at radius 1 is 1.03 bits per heavy atom. The van der Waals surface area contributed by atoms with E-state index in [1.54, 1.807) is 18.2 Å². The van der Waals surface area contributed by atoms with Gasteiger partial charge in [0.2, 0.25) is 12.7 Å². The molecule has 1 aliphatic heterocycles. The van der Waals surface area contributed by atoms with Gasteiger partial charge >= 0.3 is 6.36 Å². The van der Waals surface area contributed by atoms with Crippen LogP contribution in [-0.2, 0) is 4.79 Å². The van der Waals surface area contributed by atoms with Gasteiger partial charge in [0, 0.05) is 11.3 Å². The van der Waals surface area contributed by atoms with Crippen molar-refractivity contribution in [1.29, 1.82) is 0 Å². The van der Waals surface area contributed by atoms with Crippen LogP contribution in [0.3, 0.4) is 0 Å². The SMILES string of the molecule is O=C(CSc1ccc(-c2ccc3c(c2)OCO3)nn1)Nc1ccc(OC(F)(F)F)cc1. The van der Waals surface area contributed by atoms with E-state index < -0.39 is 6.36 Å². The van der Waals surface area contributed by atoms with E-state index in [2.05, 4.69) is 20.3 Å². The van der Waals surface area contributed by atoms with Gasteiger partial charge in [0.25, 0.3) is 0 Å². The third-order valence-electron chi connectivity index (χ3n) is 4.03. The number of hydrogen-bond acceptors (Lipinski definition) is 7. The number of ether oxygens (including phenoxy) is 3. The average Bonchev–Trinajstić information content (AvgIpc) is 3.21. The molecule has 1 amide bonds. The number of nitrogens with one attached hydrogen (secondary N) is 1. The van der Waals surface area contributed by atoms with Gasteiger partial charge in [-0.3, -0.25) is 4.79 Å². The van der Waals surface area contributed by atoms with Crippen molar-refractivity contribution in [2.45, 2.75) is 11.4 Å². The van der Waals surface area contributed by atoms with Crippen molar-refractivity contribution in [2.75, 3.05) is 17.9 Å². The maximum Gasteiger partial charge on any atom is 0.573 e. The van der Waals surface area contributed by atoms with Crippen LogP contribution in [0.1, 0.15) is 0 Å². The second-order valence-corrected chi connectivity index (χ2v) is 7.23. The molecule has 0 radical (unpaired) electrons. The molecular weight excluding hydrogens is 435 g/mol. The number of benzene rings is 2. The molecule has 0 saturated heterocycles. The predicted octanol–water partition coefficient (Wildman–Crippen LogP) is 4.50. The van der Waals surface area contributed by atoms with E-state index in [1.165, 1.54) is 23.9 Å². The van der Waals surface area contributed by atoms with Gasteiger partial charge in [-0.1, -0.05) is 11.8 Å². The van der Waals surface area contributed by atoms with E-state index in [0.717, 1.165) is 17.7 Å². The fourth-order valence-electron chi connectivity index (χ4n) is 2.68. The number of alkyl halides is 3. The molecule has 1 aliphatic rings. The van der Waals surface area contributed by atoms with Gasteiger partial charge in [0.1, 0.15) is 10.8 Å². The molecule has 31 heavy (non-hydrogen) atoms. The molecule has 0 spiro atoms. The minimum Gasteiger partial charge on any atom is -0.454 e. The molecule has 0 atom stereocenters. The number of rotatable bonds is 6. The van der Waals surface area contributed by atoms with Gasteiger partial charge in [0.15, 0.2) is 11.5 Å². The number of fused-ring (bicyclic) bond motifs is 1. The molecule has 11 heteroatoms. The summed E-state index contributed by atoms with van der Waals surface area (Å²) in [6.45, 7) is 0.188. The lowest BCUT2D eigenvalue weighted by molar-refractivity contribution is -0.274. The van der Waals surface area contributed by atoms with E-state index in [1.807, 2.05) is 12.1 Å². The number of carbonyl (C=O) groups is 1. The van der Waals surface area contributed by atoms with Gasteiger partial charge < -0.3 is 19.5 Å². The fourth-order valence-corrected chi connectivity index (χ4v) is 3.30. The first-order valence-electron chi connectivity index (χ1n) is 8.88. The summed E-state index contributed by atoms with van der Waals surface area (Å²) in [6.07, 6.45) is -4.76. The maximum atomic E-state index is 12.2. The summed E-state index contributed by atoms with van der Waals surface area (Å²) in [5.41, 5.74) is 1.82. The highest BCUT2D eigenvalue weighted by Crippen LogP contribution is 2.35. The van der Waals surface area contributed by atoms with E-state index >= 15 is 0 Å². The van der Waals surface area contributed by atoms with Gasteiger partial charge in [0.05, 0.1) is 11.4 Å². The van der Waals surface area contributed by atoms with E-state index in [9.17, 15) is 18.0 Å². The summed E-state index contributed by atoms with van der Waals surface area (Å²) in [4.78, 5) is 12.1. The Balaban J connectivity index is 1.29. The van der Waals surface area contributed by atoms with Crippen LogP contribution in [0.25, 0.3) is 11.3 Å². The second-order valence-electron chi connectivity index (χ2n) is 6.23. The largest absolute Gasteiger partial charge is 0.573 e. The molecule has 0 unspecified atom stereocenters. The molecule has 7 nitrogen and oxygen atoms in total. The van der Waals surface area contributed by atoms with Crippen LogP contribution in [0.4, 0.5) is 18.9 Å². The van der Waals surface area contributed by atoms with Crippen molar-refractivity contribution < 1.29 is 32.2 Å². The lowest BCUT2D eigenvalue weighted by Gasteiger charge is -2.10. The van der Waals surface area contributed by atoms with Crippen molar-refractivity contribution in [3.05, 3.63) is 54.6 Å². The third-order valence-corrected chi connectivity index (χ3v) is 4.95. The number of aromatic nitrogens is 2. The molecule has 2 aromatic carbocycles. The highest BCUT2D eigenvalue weighted by Gasteiger charge is 2.31. The fraction of sp³-hybridized carbons (Fsp3) is 0.150. The molecule has 3 aromatic rings. The Morgan fingerprint density at radius 2 is 1.81 bits per heavy atom. The predicted molar refractivity (Wildman–Crippen MR) is 106 cm³/mol. The van der Waals surface area contributed by atoms with Crippen molar-refractivity contribution in [3.8, 4) is 28.5 Å². The number of thioether (sulfide) groups is 1. The quantitative estimate of drug-likeness (QED) is 0.555. The number of hydrogen-bond donors (Lipinski definition) is 1. The van der Waals surface area contributed by atoms with Crippen LogP contribution >= 0.6 is 11.8 Å². The molecule has 1 N–H and O–H groups in total. The minimum absolute atomic E-state index is 0.0544. The van der Waals surface area contributed by atoms with Crippen LogP contribution < -0.4 is 19.5 Å². The highest BCUT2D eigenvalue weighted by atomic mass is 32.2. The summed E-state index contributed by atoms with van der Waals surface area (Å²) in [5, 5.41) is 11.4. The normalized spacial score (nSPS) is 12.5. The summed E-state index contributed by atoms with van der Waals surface area (Å²) in [7, 11) is 0. The lowest BCUT2D eigenvalue weighted by Crippen LogP contribution is -2.17. The van der Waals surface area contributed by atoms with Gasteiger partial charge in [-0.05, 0) is 54.6 Å². The zero-order valence-corrected chi connectivity index (χ0v) is 16.5. The molecule has 0 bridgehead atoms. The Kier molecular flexibility index (Phi) is 5.85. The number of halogens is 3. The van der Waals surface area contributed by atoms with Crippen molar-refractivity contribution >= 4 is 23.4 Å². The first-order valence-corrected chi connectivity index (χ1v) is 9.86. The van der Waals surface area contributed by atoms with Crippen LogP contribution in [-0.4, -0.2) is 35.0 Å². The summed E-state index contributed by atoms with van der Waals surface area (Å²) < 4.78 is 50.9. The zero-order chi connectivity index (χ0) is 21.8. The molecule has 2 heterocycles. The van der Waals surface area contributed by atoms with Gasteiger partial charge in [-0.25, -0.2) is 0 Å². The first-order chi connectivity index (χ1) is 14.9. The lowest BCUT2D eigenvalue weighted by atomic mass is 10.1. The monoisotopic (exact) mass is 449 g/mol. The maximum absolute atomic E-state index is 12.2. The van der Waals surface area contributed by atoms with Crippen molar-refractivity contribution in [2.24, 2.45) is 0 Å². The van der Waals surface area contributed by atoms with Gasteiger partial charge in [-0.2, -0.15) is 0 Å². The van der Waals surface area contributed by atoms with Crippen LogP contribution in [0.5, 0.6) is 17.2 Å². The van der Waals surface area contributed by atoms with E-state index in [0.29, 0.717) is 27.9 Å². The Morgan fingerprint density at radius 3 is 2.52 bits per heavy atom. The van der Waals surface area contributed by atoms with Crippen LogP contribution in [0.2, 0.25) is 0 Å². The third kappa shape index (κ3) is 5.57. The Hall–Kier alpha value is -3.47. The van der Waals surface area contributed by atoms with E-state index in [-0.39, 0.29) is 24.2 Å². The molecule has 160 valence electrons. The topological polar surface area (TPSA) is 82.6 Å². The van der Waals surface area contributed by atoms with Crippen LogP contribution in [0.15, 0.2) is 59.6 Å². The smallest absolute Gasteiger partial charge is 0.454 e. The van der Waals surface area contributed by atoms with Crippen LogP contribution in [0, 0.1) is 0 Å². The highest BCUT2D eigenvalue weighted by molar-refractivity contribution is 7.99. The van der Waals surface area contributed by atoms with E-state index in [4.69, 9.17) is 9.47 Å². The van der Waals surface area contributed by atoms with Crippen molar-refractivity contribution in [1.82, 2.24) is 10.2 Å². The number of amides is 1. The Labute approximate surface area is 178 Å². The first kappa shape index (κ1) is 20.8.